The standard InChI is InChI=1S/C15H24O2/c1-10(2)12-7-8-14(4,16)13-6-5-11(3)9-15(12,13)17/h7,10,13,16-17H,3,5-6,8-9H2,1-2,4H3. The summed E-state index contributed by atoms with van der Waals surface area (Å²) in [6.07, 6.45) is 5.07. The Morgan fingerprint density at radius 1 is 1.41 bits per heavy atom. The molecular weight excluding hydrogens is 212 g/mol. The van der Waals surface area contributed by atoms with Crippen molar-refractivity contribution >= 4 is 0 Å². The Morgan fingerprint density at radius 3 is 2.65 bits per heavy atom. The first kappa shape index (κ1) is 12.8. The van der Waals surface area contributed by atoms with Crippen LogP contribution < -0.4 is 0 Å². The van der Waals surface area contributed by atoms with Gasteiger partial charge in [-0.25, -0.2) is 0 Å². The van der Waals surface area contributed by atoms with Gasteiger partial charge in [-0.1, -0.05) is 32.1 Å². The summed E-state index contributed by atoms with van der Waals surface area (Å²) in [4.78, 5) is 0. The second kappa shape index (κ2) is 3.96. The summed E-state index contributed by atoms with van der Waals surface area (Å²) in [6, 6.07) is 0. The zero-order valence-electron chi connectivity index (χ0n) is 11.2. The molecule has 0 spiro atoms. The molecule has 0 aromatic heterocycles. The van der Waals surface area contributed by atoms with Crippen LogP contribution in [-0.4, -0.2) is 21.4 Å². The summed E-state index contributed by atoms with van der Waals surface area (Å²) in [5.74, 6) is 0.271. The average Bonchev–Trinajstić information content (AvgIpc) is 2.14. The van der Waals surface area contributed by atoms with E-state index in [1.54, 1.807) is 0 Å². The van der Waals surface area contributed by atoms with Gasteiger partial charge in [-0.15, -0.1) is 0 Å². The molecule has 0 aromatic carbocycles. The second-order valence-corrected chi connectivity index (χ2v) is 6.32. The molecule has 3 atom stereocenters. The van der Waals surface area contributed by atoms with Crippen LogP contribution in [0.2, 0.25) is 0 Å². The molecule has 0 aromatic rings. The molecule has 17 heavy (non-hydrogen) atoms. The molecule has 0 aliphatic heterocycles. The van der Waals surface area contributed by atoms with Crippen molar-refractivity contribution in [2.45, 2.75) is 57.7 Å². The third-order valence-corrected chi connectivity index (χ3v) is 4.49. The Balaban J connectivity index is 2.45. The monoisotopic (exact) mass is 236 g/mol. The van der Waals surface area contributed by atoms with Crippen molar-refractivity contribution in [2.24, 2.45) is 11.8 Å². The maximum Gasteiger partial charge on any atom is 0.0951 e. The first-order chi connectivity index (χ1) is 7.77. The zero-order valence-corrected chi connectivity index (χ0v) is 11.2. The molecule has 0 saturated heterocycles. The van der Waals surface area contributed by atoms with Crippen LogP contribution in [0.3, 0.4) is 0 Å². The Labute approximate surface area is 104 Å². The van der Waals surface area contributed by atoms with E-state index in [0.29, 0.717) is 18.8 Å². The van der Waals surface area contributed by atoms with Gasteiger partial charge in [0.2, 0.25) is 0 Å². The van der Waals surface area contributed by atoms with Crippen LogP contribution in [0.1, 0.15) is 46.5 Å². The Morgan fingerprint density at radius 2 is 2.06 bits per heavy atom. The highest BCUT2D eigenvalue weighted by molar-refractivity contribution is 5.32. The van der Waals surface area contributed by atoms with E-state index in [9.17, 15) is 10.2 Å². The number of fused-ring (bicyclic) bond motifs is 1. The lowest BCUT2D eigenvalue weighted by molar-refractivity contribution is -0.121. The SMILES string of the molecule is C=C1CCC2C(C)(O)CC=C(C(C)C)C2(O)C1. The van der Waals surface area contributed by atoms with E-state index in [0.717, 1.165) is 24.0 Å². The minimum absolute atomic E-state index is 0.0529. The van der Waals surface area contributed by atoms with E-state index in [2.05, 4.69) is 20.4 Å². The van der Waals surface area contributed by atoms with Gasteiger partial charge in [-0.3, -0.25) is 0 Å². The molecule has 3 unspecified atom stereocenters. The Kier molecular flexibility index (Phi) is 2.99. The van der Waals surface area contributed by atoms with Crippen LogP contribution >= 0.6 is 0 Å². The normalized spacial score (nSPS) is 42.4. The summed E-state index contributed by atoms with van der Waals surface area (Å²) in [5, 5.41) is 21.5. The van der Waals surface area contributed by atoms with E-state index >= 15 is 0 Å². The predicted molar refractivity (Wildman–Crippen MR) is 69.6 cm³/mol. The fraction of sp³-hybridized carbons (Fsp3) is 0.733. The van der Waals surface area contributed by atoms with Crippen molar-refractivity contribution < 1.29 is 10.2 Å². The van der Waals surface area contributed by atoms with Crippen LogP contribution in [0.15, 0.2) is 23.8 Å². The Hall–Kier alpha value is -0.600. The van der Waals surface area contributed by atoms with Gasteiger partial charge in [0.15, 0.2) is 0 Å². The summed E-state index contributed by atoms with van der Waals surface area (Å²) < 4.78 is 0. The first-order valence-corrected chi connectivity index (χ1v) is 6.59. The second-order valence-electron chi connectivity index (χ2n) is 6.32. The zero-order chi connectivity index (χ0) is 12.8. The molecule has 2 nitrogen and oxygen atoms in total. The minimum Gasteiger partial charge on any atom is -0.389 e. The van der Waals surface area contributed by atoms with E-state index < -0.39 is 11.2 Å². The number of hydrogen-bond donors (Lipinski definition) is 2. The summed E-state index contributed by atoms with van der Waals surface area (Å²) >= 11 is 0. The van der Waals surface area contributed by atoms with Crippen LogP contribution in [-0.2, 0) is 0 Å². The minimum atomic E-state index is -0.870. The molecule has 2 aliphatic carbocycles. The molecule has 1 saturated carbocycles. The van der Waals surface area contributed by atoms with Crippen LogP contribution in [0.5, 0.6) is 0 Å². The topological polar surface area (TPSA) is 40.5 Å². The van der Waals surface area contributed by atoms with Crippen molar-refractivity contribution in [2.75, 3.05) is 0 Å². The first-order valence-electron chi connectivity index (χ1n) is 6.59. The van der Waals surface area contributed by atoms with Crippen molar-refractivity contribution in [3.8, 4) is 0 Å². The van der Waals surface area contributed by atoms with Crippen LogP contribution in [0, 0.1) is 11.8 Å². The van der Waals surface area contributed by atoms with Crippen molar-refractivity contribution in [3.05, 3.63) is 23.8 Å². The summed E-state index contributed by atoms with van der Waals surface area (Å²) in [7, 11) is 0. The van der Waals surface area contributed by atoms with Gasteiger partial charge >= 0.3 is 0 Å². The quantitative estimate of drug-likeness (QED) is 0.687. The molecule has 2 aliphatic rings. The molecule has 1 fully saturated rings. The third-order valence-electron chi connectivity index (χ3n) is 4.49. The molecule has 0 radical (unpaired) electrons. The number of rotatable bonds is 1. The molecular formula is C15H24O2. The van der Waals surface area contributed by atoms with Gasteiger partial charge in [0.25, 0.3) is 0 Å². The van der Waals surface area contributed by atoms with Gasteiger partial charge in [0, 0.05) is 12.3 Å². The van der Waals surface area contributed by atoms with Gasteiger partial charge in [-0.2, -0.15) is 0 Å². The smallest absolute Gasteiger partial charge is 0.0951 e. The van der Waals surface area contributed by atoms with Gasteiger partial charge < -0.3 is 10.2 Å². The average molecular weight is 236 g/mol. The summed E-state index contributed by atoms with van der Waals surface area (Å²) in [6.45, 7) is 10.1. The molecule has 2 rings (SSSR count). The number of hydrogen-bond acceptors (Lipinski definition) is 2. The number of aliphatic hydroxyl groups is 2. The van der Waals surface area contributed by atoms with Crippen molar-refractivity contribution in [3.63, 3.8) is 0 Å². The van der Waals surface area contributed by atoms with E-state index in [1.165, 1.54) is 0 Å². The van der Waals surface area contributed by atoms with E-state index in [1.807, 2.05) is 13.0 Å². The lowest BCUT2D eigenvalue weighted by Crippen LogP contribution is -2.56. The van der Waals surface area contributed by atoms with Crippen LogP contribution in [0.25, 0.3) is 0 Å². The van der Waals surface area contributed by atoms with Crippen molar-refractivity contribution in [1.82, 2.24) is 0 Å². The highest BCUT2D eigenvalue weighted by Gasteiger charge is 2.53. The fourth-order valence-electron chi connectivity index (χ4n) is 3.68. The van der Waals surface area contributed by atoms with Gasteiger partial charge in [0.05, 0.1) is 11.2 Å². The van der Waals surface area contributed by atoms with Gasteiger partial charge in [-0.05, 0) is 37.7 Å². The summed E-state index contributed by atoms with van der Waals surface area (Å²) in [5.41, 5.74) is 0.543. The Bertz CT molecular complexity index is 365. The largest absolute Gasteiger partial charge is 0.389 e. The third kappa shape index (κ3) is 1.98. The molecule has 2 N–H and O–H groups in total. The predicted octanol–water partition coefficient (Wildman–Crippen LogP) is 2.81. The van der Waals surface area contributed by atoms with E-state index in [4.69, 9.17) is 0 Å². The maximum atomic E-state index is 11.0. The molecule has 0 bridgehead atoms. The fourth-order valence-corrected chi connectivity index (χ4v) is 3.68. The lowest BCUT2D eigenvalue weighted by atomic mass is 9.58. The molecule has 0 heterocycles. The maximum absolute atomic E-state index is 11.0. The van der Waals surface area contributed by atoms with Crippen molar-refractivity contribution in [1.29, 1.82) is 0 Å². The lowest BCUT2D eigenvalue weighted by Gasteiger charge is -2.52. The molecule has 96 valence electrons. The molecule has 2 heteroatoms. The van der Waals surface area contributed by atoms with E-state index in [-0.39, 0.29) is 5.92 Å². The highest BCUT2D eigenvalue weighted by atomic mass is 16.3. The van der Waals surface area contributed by atoms with Crippen LogP contribution in [0.4, 0.5) is 0 Å². The molecule has 0 amide bonds. The highest BCUT2D eigenvalue weighted by Crippen LogP contribution is 2.51. The van der Waals surface area contributed by atoms with Gasteiger partial charge in [0.1, 0.15) is 0 Å².